The Bertz CT molecular complexity index is 47.8. The minimum absolute atomic E-state index is 1.18. The molecule has 0 radical (unpaired) electrons. The van der Waals surface area contributed by atoms with Crippen molar-refractivity contribution >= 4 is 17.7 Å². The first-order chi connectivity index (χ1) is 3.81. The van der Waals surface area contributed by atoms with Crippen molar-refractivity contribution in [1.29, 1.82) is 0 Å². The normalized spacial score (nSPS) is 10.6. The van der Waals surface area contributed by atoms with Crippen LogP contribution in [0.5, 0.6) is 0 Å². The molecule has 0 heterocycles. The van der Waals surface area contributed by atoms with E-state index in [0.717, 1.165) is 0 Å². The number of hydrogen-bond donors (Lipinski definition) is 0. The summed E-state index contributed by atoms with van der Waals surface area (Å²) < 4.78 is 0. The Labute approximate surface area is 61.6 Å². The van der Waals surface area contributed by atoms with Crippen LogP contribution < -0.4 is 0 Å². The van der Waals surface area contributed by atoms with Gasteiger partial charge in [0.05, 0.1) is 0 Å². The molecule has 0 amide bonds. The maximum absolute atomic E-state index is 2.34. The first-order valence-electron chi connectivity index (χ1n) is 3.49. The third-order valence-corrected chi connectivity index (χ3v) is 1.43. The predicted octanol–water partition coefficient (Wildman–Crippen LogP) is 0.915. The third kappa shape index (κ3) is 4.71. The van der Waals surface area contributed by atoms with Crippen LogP contribution in [-0.2, 0) is 0 Å². The van der Waals surface area contributed by atoms with Crippen LogP contribution in [0, 0.1) is 0 Å². The molecule has 0 aromatic heterocycles. The van der Waals surface area contributed by atoms with E-state index in [-0.39, 0.29) is 0 Å². The van der Waals surface area contributed by atoms with Crippen LogP contribution in [0.4, 0.5) is 0 Å². The second-order valence-corrected chi connectivity index (χ2v) is 2.25. The average Bonchev–Trinajstić information content (AvgIpc) is 1.83. The molecule has 0 aliphatic rings. The summed E-state index contributed by atoms with van der Waals surface area (Å²) in [7, 11) is 2.16. The molecule has 0 saturated heterocycles. The molecule has 44 valence electrons. The second kappa shape index (κ2) is 5.69. The molecule has 0 aliphatic heterocycles. The van der Waals surface area contributed by atoms with Crippen molar-refractivity contribution in [3.63, 3.8) is 0 Å². The predicted molar refractivity (Wildman–Crippen MR) is 38.3 cm³/mol. The summed E-state index contributed by atoms with van der Waals surface area (Å²) in [5.74, 6) is 0. The standard InChI is InChI=1S/C6H14N.Li/c1-4-6-7(3)5-2;/h1,4-6H2,2-3H3;. The summed E-state index contributed by atoms with van der Waals surface area (Å²) in [5, 5.41) is 1.31. The first kappa shape index (κ1) is 8.56. The molecule has 0 N–H and O–H groups in total. The van der Waals surface area contributed by atoms with E-state index in [1.54, 1.807) is 0 Å². The van der Waals surface area contributed by atoms with Crippen molar-refractivity contribution < 1.29 is 0 Å². The van der Waals surface area contributed by atoms with Gasteiger partial charge >= 0.3 is 61.2 Å². The van der Waals surface area contributed by atoms with Gasteiger partial charge in [0.15, 0.2) is 0 Å². The zero-order valence-electron chi connectivity index (χ0n) is 6.28. The summed E-state index contributed by atoms with van der Waals surface area (Å²) in [5.41, 5.74) is 0. The van der Waals surface area contributed by atoms with E-state index in [2.05, 4.69) is 36.6 Å². The van der Waals surface area contributed by atoms with Crippen molar-refractivity contribution in [3.8, 4) is 0 Å². The van der Waals surface area contributed by atoms with E-state index in [1.807, 2.05) is 0 Å². The minimum atomic E-state index is 1.18. The zero-order chi connectivity index (χ0) is 6.41. The van der Waals surface area contributed by atoms with Gasteiger partial charge in [-0.15, -0.1) is 0 Å². The molecule has 0 aromatic carbocycles. The molecule has 0 fully saturated rings. The van der Waals surface area contributed by atoms with Crippen LogP contribution in [-0.4, -0.2) is 42.8 Å². The SMILES string of the molecule is [Li][CH2]CCN(C)CC. The fourth-order valence-electron chi connectivity index (χ4n) is 0.586. The van der Waals surface area contributed by atoms with Gasteiger partial charge in [-0.25, -0.2) is 0 Å². The summed E-state index contributed by atoms with van der Waals surface area (Å²) in [6.45, 7) is 4.63. The van der Waals surface area contributed by atoms with Gasteiger partial charge in [-0.1, -0.05) is 0 Å². The Kier molecular flexibility index (Phi) is 6.09. The van der Waals surface area contributed by atoms with E-state index < -0.39 is 0 Å². The fraction of sp³-hybridized carbons (Fsp3) is 1.00. The fourth-order valence-corrected chi connectivity index (χ4v) is 0.586. The Hall–Kier alpha value is 0.557. The van der Waals surface area contributed by atoms with Crippen LogP contribution in [0.3, 0.4) is 0 Å². The Morgan fingerprint density at radius 1 is 1.50 bits per heavy atom. The van der Waals surface area contributed by atoms with Crippen molar-refractivity contribution in [1.82, 2.24) is 4.90 Å². The van der Waals surface area contributed by atoms with Crippen molar-refractivity contribution in [2.45, 2.75) is 18.4 Å². The van der Waals surface area contributed by atoms with Crippen LogP contribution in [0.2, 0.25) is 5.09 Å². The summed E-state index contributed by atoms with van der Waals surface area (Å²) >= 11 is 2.23. The summed E-state index contributed by atoms with van der Waals surface area (Å²) in [4.78, 5) is 2.34. The summed E-state index contributed by atoms with van der Waals surface area (Å²) in [6, 6.07) is 0. The van der Waals surface area contributed by atoms with Crippen molar-refractivity contribution in [2.24, 2.45) is 0 Å². The number of hydrogen-bond acceptors (Lipinski definition) is 1. The van der Waals surface area contributed by atoms with Crippen LogP contribution in [0.1, 0.15) is 13.3 Å². The van der Waals surface area contributed by atoms with Crippen molar-refractivity contribution in [3.05, 3.63) is 0 Å². The van der Waals surface area contributed by atoms with Crippen LogP contribution in [0.15, 0.2) is 0 Å². The van der Waals surface area contributed by atoms with E-state index in [9.17, 15) is 0 Å². The van der Waals surface area contributed by atoms with Gasteiger partial charge in [0.1, 0.15) is 0 Å². The first-order valence-corrected chi connectivity index (χ1v) is 3.49. The van der Waals surface area contributed by atoms with Gasteiger partial charge < -0.3 is 0 Å². The van der Waals surface area contributed by atoms with Gasteiger partial charge in [0, 0.05) is 0 Å². The molecule has 2 heteroatoms. The van der Waals surface area contributed by atoms with E-state index in [4.69, 9.17) is 0 Å². The Morgan fingerprint density at radius 3 is 2.50 bits per heavy atom. The van der Waals surface area contributed by atoms with E-state index in [0.29, 0.717) is 0 Å². The molecular formula is C6H14LiN. The van der Waals surface area contributed by atoms with Gasteiger partial charge in [-0.2, -0.15) is 0 Å². The quantitative estimate of drug-likeness (QED) is 0.483. The molecular weight excluding hydrogens is 93.0 g/mol. The molecule has 8 heavy (non-hydrogen) atoms. The van der Waals surface area contributed by atoms with Crippen LogP contribution in [0.25, 0.3) is 0 Å². The molecule has 0 aromatic rings. The van der Waals surface area contributed by atoms with Gasteiger partial charge in [-0.3, -0.25) is 0 Å². The molecule has 0 aliphatic carbocycles. The van der Waals surface area contributed by atoms with Gasteiger partial charge in [0.25, 0.3) is 0 Å². The van der Waals surface area contributed by atoms with Crippen LogP contribution >= 0.6 is 0 Å². The molecule has 0 bridgehead atoms. The zero-order valence-corrected chi connectivity index (χ0v) is 6.28. The van der Waals surface area contributed by atoms with Crippen molar-refractivity contribution in [2.75, 3.05) is 20.1 Å². The maximum atomic E-state index is 2.34. The molecule has 0 unspecified atom stereocenters. The second-order valence-electron chi connectivity index (χ2n) is 2.25. The number of rotatable bonds is 4. The van der Waals surface area contributed by atoms with E-state index in [1.165, 1.54) is 24.6 Å². The average molecular weight is 107 g/mol. The third-order valence-electron chi connectivity index (χ3n) is 1.43. The topological polar surface area (TPSA) is 3.24 Å². The van der Waals surface area contributed by atoms with Gasteiger partial charge in [-0.05, 0) is 0 Å². The van der Waals surface area contributed by atoms with E-state index >= 15 is 0 Å². The Balaban J connectivity index is 2.86. The molecule has 0 saturated carbocycles. The number of nitrogens with zero attached hydrogens (tertiary/aromatic N) is 1. The Morgan fingerprint density at radius 2 is 2.12 bits per heavy atom. The molecule has 0 rings (SSSR count). The molecule has 0 atom stereocenters. The van der Waals surface area contributed by atoms with Gasteiger partial charge in [0.2, 0.25) is 0 Å². The summed E-state index contributed by atoms with van der Waals surface area (Å²) in [6.07, 6.45) is 1.34. The molecule has 1 nitrogen and oxygen atoms in total. The molecule has 0 spiro atoms. The monoisotopic (exact) mass is 107 g/mol.